The number of benzene rings is 2. The SMILES string of the molecule is C=CCOc1ccc(/C=N/NS(=O)(=O)c2ccc(Cl)cc2)cc1. The van der Waals surface area contributed by atoms with Crippen LogP contribution in [0.1, 0.15) is 5.56 Å². The Kier molecular flexibility index (Phi) is 5.78. The lowest BCUT2D eigenvalue weighted by Gasteiger charge is -2.04. The Morgan fingerprint density at radius 2 is 1.78 bits per heavy atom. The van der Waals surface area contributed by atoms with Crippen LogP contribution in [0.5, 0.6) is 5.75 Å². The van der Waals surface area contributed by atoms with Crippen molar-refractivity contribution >= 4 is 27.8 Å². The predicted octanol–water partition coefficient (Wildman–Crippen LogP) is 3.22. The van der Waals surface area contributed by atoms with Gasteiger partial charge in [-0.25, -0.2) is 4.83 Å². The number of hydrogen-bond acceptors (Lipinski definition) is 4. The van der Waals surface area contributed by atoms with Crippen LogP contribution in [-0.2, 0) is 10.0 Å². The highest BCUT2D eigenvalue weighted by Gasteiger charge is 2.11. The van der Waals surface area contributed by atoms with E-state index in [2.05, 4.69) is 16.5 Å². The van der Waals surface area contributed by atoms with Gasteiger partial charge in [0.25, 0.3) is 10.0 Å². The summed E-state index contributed by atoms with van der Waals surface area (Å²) in [5, 5.41) is 4.22. The first-order valence-electron chi connectivity index (χ1n) is 6.65. The average Bonchev–Trinajstić information content (AvgIpc) is 2.54. The minimum Gasteiger partial charge on any atom is -0.490 e. The number of hydrazone groups is 1. The number of halogens is 1. The van der Waals surface area contributed by atoms with Gasteiger partial charge in [0.1, 0.15) is 12.4 Å². The van der Waals surface area contributed by atoms with Crippen LogP contribution in [-0.4, -0.2) is 21.2 Å². The van der Waals surface area contributed by atoms with Crippen LogP contribution in [0.15, 0.2) is 71.2 Å². The zero-order chi connectivity index (χ0) is 16.7. The minimum absolute atomic E-state index is 0.0900. The molecule has 0 amide bonds. The third kappa shape index (κ3) is 5.12. The second-order valence-corrected chi connectivity index (χ2v) is 6.57. The van der Waals surface area contributed by atoms with Crippen LogP contribution in [0.3, 0.4) is 0 Å². The molecule has 0 atom stereocenters. The van der Waals surface area contributed by atoms with Crippen LogP contribution in [0, 0.1) is 0 Å². The van der Waals surface area contributed by atoms with E-state index >= 15 is 0 Å². The van der Waals surface area contributed by atoms with E-state index in [4.69, 9.17) is 16.3 Å². The molecule has 2 aromatic carbocycles. The smallest absolute Gasteiger partial charge is 0.276 e. The van der Waals surface area contributed by atoms with Gasteiger partial charge in [0.15, 0.2) is 0 Å². The molecule has 0 radical (unpaired) electrons. The molecule has 0 aliphatic heterocycles. The molecule has 0 heterocycles. The maximum atomic E-state index is 12.0. The summed E-state index contributed by atoms with van der Waals surface area (Å²) in [4.78, 5) is 2.24. The van der Waals surface area contributed by atoms with E-state index in [9.17, 15) is 8.42 Å². The zero-order valence-electron chi connectivity index (χ0n) is 12.1. The molecule has 0 spiro atoms. The Bertz CT molecular complexity index is 785. The molecule has 0 saturated heterocycles. The van der Waals surface area contributed by atoms with Gasteiger partial charge in [-0.1, -0.05) is 24.3 Å². The van der Waals surface area contributed by atoms with Crippen LogP contribution < -0.4 is 9.57 Å². The molecule has 5 nitrogen and oxygen atoms in total. The summed E-state index contributed by atoms with van der Waals surface area (Å²) in [5.74, 6) is 0.698. The molecule has 0 aliphatic carbocycles. The first-order chi connectivity index (χ1) is 11.0. The van der Waals surface area contributed by atoms with Crippen molar-refractivity contribution in [1.29, 1.82) is 0 Å². The number of rotatable bonds is 7. The summed E-state index contributed by atoms with van der Waals surface area (Å²) < 4.78 is 29.4. The molecule has 0 aliphatic rings. The van der Waals surface area contributed by atoms with Crippen LogP contribution >= 0.6 is 11.6 Å². The van der Waals surface area contributed by atoms with Crippen molar-refractivity contribution in [3.8, 4) is 5.75 Å². The van der Waals surface area contributed by atoms with Gasteiger partial charge < -0.3 is 4.74 Å². The van der Waals surface area contributed by atoms with Crippen molar-refractivity contribution in [2.75, 3.05) is 6.61 Å². The Hall–Kier alpha value is -2.31. The van der Waals surface area contributed by atoms with Gasteiger partial charge in [0.2, 0.25) is 0 Å². The number of hydrogen-bond donors (Lipinski definition) is 1. The highest BCUT2D eigenvalue weighted by Crippen LogP contribution is 2.14. The van der Waals surface area contributed by atoms with E-state index in [1.807, 2.05) is 0 Å². The summed E-state index contributed by atoms with van der Waals surface area (Å²) in [7, 11) is -3.71. The summed E-state index contributed by atoms with van der Waals surface area (Å²) in [6.07, 6.45) is 3.06. The van der Waals surface area contributed by atoms with Crippen molar-refractivity contribution in [3.05, 3.63) is 71.8 Å². The predicted molar refractivity (Wildman–Crippen MR) is 91.5 cm³/mol. The molecule has 0 bridgehead atoms. The molecule has 0 aromatic heterocycles. The monoisotopic (exact) mass is 350 g/mol. The van der Waals surface area contributed by atoms with Gasteiger partial charge in [-0.05, 0) is 54.1 Å². The second-order valence-electron chi connectivity index (χ2n) is 4.48. The largest absolute Gasteiger partial charge is 0.490 e. The molecule has 0 unspecified atom stereocenters. The summed E-state index contributed by atoms with van der Waals surface area (Å²) in [6.45, 7) is 3.99. The highest BCUT2D eigenvalue weighted by atomic mass is 35.5. The van der Waals surface area contributed by atoms with E-state index in [1.165, 1.54) is 30.5 Å². The van der Waals surface area contributed by atoms with E-state index < -0.39 is 10.0 Å². The number of nitrogens with zero attached hydrogens (tertiary/aromatic N) is 1. The fraction of sp³-hybridized carbons (Fsp3) is 0.0625. The molecule has 23 heavy (non-hydrogen) atoms. The molecule has 1 N–H and O–H groups in total. The highest BCUT2D eigenvalue weighted by molar-refractivity contribution is 7.89. The van der Waals surface area contributed by atoms with E-state index in [0.29, 0.717) is 17.4 Å². The number of ether oxygens (including phenoxy) is 1. The normalized spacial score (nSPS) is 11.3. The molecular weight excluding hydrogens is 336 g/mol. The molecule has 0 fully saturated rings. The fourth-order valence-electron chi connectivity index (χ4n) is 1.64. The first kappa shape index (κ1) is 17.1. The minimum atomic E-state index is -3.71. The lowest BCUT2D eigenvalue weighted by atomic mass is 10.2. The van der Waals surface area contributed by atoms with Gasteiger partial charge in [-0.15, -0.1) is 0 Å². The van der Waals surface area contributed by atoms with Crippen LogP contribution in [0.2, 0.25) is 5.02 Å². The fourth-order valence-corrected chi connectivity index (χ4v) is 2.56. The Labute approximate surface area is 140 Å². The zero-order valence-corrected chi connectivity index (χ0v) is 13.7. The summed E-state index contributed by atoms with van der Waals surface area (Å²) in [5.41, 5.74) is 0.731. The van der Waals surface area contributed by atoms with Crippen LogP contribution in [0.25, 0.3) is 0 Å². The van der Waals surface area contributed by atoms with E-state index in [1.54, 1.807) is 30.3 Å². The molecule has 120 valence electrons. The molecule has 2 rings (SSSR count). The lowest BCUT2D eigenvalue weighted by molar-refractivity contribution is 0.363. The molecule has 0 saturated carbocycles. The Morgan fingerprint density at radius 3 is 2.39 bits per heavy atom. The van der Waals surface area contributed by atoms with Crippen molar-refractivity contribution in [3.63, 3.8) is 0 Å². The average molecular weight is 351 g/mol. The number of nitrogens with one attached hydrogen (secondary N) is 1. The lowest BCUT2D eigenvalue weighted by Crippen LogP contribution is -2.18. The third-order valence-electron chi connectivity index (χ3n) is 2.76. The van der Waals surface area contributed by atoms with Crippen molar-refractivity contribution in [2.24, 2.45) is 5.10 Å². The van der Waals surface area contributed by atoms with Crippen LogP contribution in [0.4, 0.5) is 0 Å². The third-order valence-corrected chi connectivity index (χ3v) is 4.25. The Balaban J connectivity index is 2.00. The standard InChI is InChI=1S/C16H15ClN2O3S/c1-2-11-22-15-7-3-13(4-8-15)12-18-19-23(20,21)16-9-5-14(17)6-10-16/h2-10,12,19H,1,11H2/b18-12+. The second kappa shape index (κ2) is 7.80. The van der Waals surface area contributed by atoms with Crippen molar-refractivity contribution in [2.45, 2.75) is 4.90 Å². The van der Waals surface area contributed by atoms with Gasteiger partial charge in [-0.2, -0.15) is 13.5 Å². The van der Waals surface area contributed by atoms with Gasteiger partial charge in [0, 0.05) is 5.02 Å². The topological polar surface area (TPSA) is 67.8 Å². The molecule has 2 aromatic rings. The van der Waals surface area contributed by atoms with Gasteiger partial charge in [-0.3, -0.25) is 0 Å². The summed E-state index contributed by atoms with van der Waals surface area (Å²) >= 11 is 5.73. The van der Waals surface area contributed by atoms with E-state index in [0.717, 1.165) is 5.56 Å². The number of sulfonamides is 1. The first-order valence-corrected chi connectivity index (χ1v) is 8.51. The molecular formula is C16H15ClN2O3S. The van der Waals surface area contributed by atoms with Crippen molar-refractivity contribution in [1.82, 2.24) is 4.83 Å². The van der Waals surface area contributed by atoms with Gasteiger partial charge in [0.05, 0.1) is 11.1 Å². The maximum absolute atomic E-state index is 12.0. The Morgan fingerprint density at radius 1 is 1.13 bits per heavy atom. The van der Waals surface area contributed by atoms with Crippen molar-refractivity contribution < 1.29 is 13.2 Å². The summed E-state index contributed by atoms with van der Waals surface area (Å²) in [6, 6.07) is 12.9. The van der Waals surface area contributed by atoms with E-state index in [-0.39, 0.29) is 4.90 Å². The quantitative estimate of drug-likeness (QED) is 0.473. The van der Waals surface area contributed by atoms with Gasteiger partial charge >= 0.3 is 0 Å². The molecule has 7 heteroatoms. The maximum Gasteiger partial charge on any atom is 0.276 e.